The SMILES string of the molecule is C[C@H](Oc1ccc(C(C)(C)C)cc1)C(=O)N1CC[C@H](CN(C)C)C1. The van der Waals surface area contributed by atoms with E-state index < -0.39 is 6.10 Å². The van der Waals surface area contributed by atoms with Gasteiger partial charge < -0.3 is 14.5 Å². The molecule has 2 rings (SSSR count). The number of amides is 1. The lowest BCUT2D eigenvalue weighted by Gasteiger charge is -2.23. The largest absolute Gasteiger partial charge is 0.481 e. The van der Waals surface area contributed by atoms with Crippen molar-refractivity contribution in [3.8, 4) is 5.75 Å². The molecule has 1 heterocycles. The zero-order valence-electron chi connectivity index (χ0n) is 16.0. The summed E-state index contributed by atoms with van der Waals surface area (Å²) in [5.41, 5.74) is 1.39. The number of carbonyl (C=O) groups is 1. The summed E-state index contributed by atoms with van der Waals surface area (Å²) >= 11 is 0. The Labute approximate surface area is 146 Å². The van der Waals surface area contributed by atoms with Gasteiger partial charge in [-0.15, -0.1) is 0 Å². The number of hydrogen-bond donors (Lipinski definition) is 0. The zero-order valence-corrected chi connectivity index (χ0v) is 16.0. The van der Waals surface area contributed by atoms with Gasteiger partial charge in [-0.2, -0.15) is 0 Å². The minimum absolute atomic E-state index is 0.0937. The molecule has 0 aromatic heterocycles. The normalized spacial score (nSPS) is 19.6. The van der Waals surface area contributed by atoms with Crippen molar-refractivity contribution in [1.82, 2.24) is 9.80 Å². The first-order valence-corrected chi connectivity index (χ1v) is 8.87. The molecule has 0 saturated carbocycles. The molecule has 1 amide bonds. The second-order valence-corrected chi connectivity index (χ2v) is 8.24. The number of hydrogen-bond acceptors (Lipinski definition) is 3. The van der Waals surface area contributed by atoms with Crippen molar-refractivity contribution in [2.24, 2.45) is 5.92 Å². The number of carbonyl (C=O) groups excluding carboxylic acids is 1. The monoisotopic (exact) mass is 332 g/mol. The molecule has 1 fully saturated rings. The second-order valence-electron chi connectivity index (χ2n) is 8.24. The first-order chi connectivity index (χ1) is 11.2. The molecule has 0 N–H and O–H groups in total. The van der Waals surface area contributed by atoms with Gasteiger partial charge in [0.1, 0.15) is 5.75 Å². The van der Waals surface area contributed by atoms with E-state index in [0.717, 1.165) is 31.8 Å². The Kier molecular flexibility index (Phi) is 5.92. The summed E-state index contributed by atoms with van der Waals surface area (Å²) < 4.78 is 5.87. The van der Waals surface area contributed by atoms with E-state index in [1.807, 2.05) is 24.0 Å². The third-order valence-corrected chi connectivity index (χ3v) is 4.60. The van der Waals surface area contributed by atoms with Crippen molar-refractivity contribution in [3.63, 3.8) is 0 Å². The van der Waals surface area contributed by atoms with Gasteiger partial charge in [0.2, 0.25) is 0 Å². The van der Waals surface area contributed by atoms with E-state index >= 15 is 0 Å². The molecular formula is C20H32N2O2. The Morgan fingerprint density at radius 3 is 2.46 bits per heavy atom. The summed E-state index contributed by atoms with van der Waals surface area (Å²) in [6, 6.07) is 8.08. The molecule has 0 radical (unpaired) electrons. The highest BCUT2D eigenvalue weighted by molar-refractivity contribution is 5.81. The predicted molar refractivity (Wildman–Crippen MR) is 98.5 cm³/mol. The summed E-state index contributed by atoms with van der Waals surface area (Å²) in [5.74, 6) is 1.42. The summed E-state index contributed by atoms with van der Waals surface area (Å²) in [4.78, 5) is 16.7. The molecule has 4 nitrogen and oxygen atoms in total. The fourth-order valence-corrected chi connectivity index (χ4v) is 3.24. The highest BCUT2D eigenvalue weighted by Crippen LogP contribution is 2.25. The molecule has 1 aliphatic rings. The van der Waals surface area contributed by atoms with Crippen LogP contribution in [-0.4, -0.2) is 55.5 Å². The summed E-state index contributed by atoms with van der Waals surface area (Å²) in [6.45, 7) is 11.1. The molecule has 0 spiro atoms. The Hall–Kier alpha value is -1.55. The van der Waals surface area contributed by atoms with Gasteiger partial charge in [-0.25, -0.2) is 0 Å². The van der Waals surface area contributed by atoms with Crippen molar-refractivity contribution < 1.29 is 9.53 Å². The standard InChI is InChI=1S/C20H32N2O2/c1-15(19(23)22-12-11-16(14-22)13-21(5)6)24-18-9-7-17(8-10-18)20(2,3)4/h7-10,15-16H,11-14H2,1-6H3/t15-,16+/m0/s1. The van der Waals surface area contributed by atoms with Crippen LogP contribution in [-0.2, 0) is 10.2 Å². The van der Waals surface area contributed by atoms with Gasteiger partial charge in [-0.1, -0.05) is 32.9 Å². The van der Waals surface area contributed by atoms with Gasteiger partial charge in [0, 0.05) is 19.6 Å². The van der Waals surface area contributed by atoms with E-state index in [-0.39, 0.29) is 11.3 Å². The number of benzene rings is 1. The molecule has 1 saturated heterocycles. The van der Waals surface area contributed by atoms with Crippen molar-refractivity contribution >= 4 is 5.91 Å². The molecule has 0 unspecified atom stereocenters. The van der Waals surface area contributed by atoms with Crippen LogP contribution in [0, 0.1) is 5.92 Å². The highest BCUT2D eigenvalue weighted by atomic mass is 16.5. The molecule has 24 heavy (non-hydrogen) atoms. The summed E-state index contributed by atoms with van der Waals surface area (Å²) in [5, 5.41) is 0. The third kappa shape index (κ3) is 4.97. The Morgan fingerprint density at radius 2 is 1.92 bits per heavy atom. The molecule has 1 aromatic carbocycles. The first-order valence-electron chi connectivity index (χ1n) is 8.87. The fraction of sp³-hybridized carbons (Fsp3) is 0.650. The summed E-state index contributed by atoms with van der Waals surface area (Å²) in [7, 11) is 4.16. The average Bonchev–Trinajstić information content (AvgIpc) is 2.93. The molecule has 0 aliphatic carbocycles. The minimum atomic E-state index is -0.441. The van der Waals surface area contributed by atoms with Gasteiger partial charge in [0.15, 0.2) is 6.10 Å². The Balaban J connectivity index is 1.90. The quantitative estimate of drug-likeness (QED) is 0.830. The molecule has 1 aliphatic heterocycles. The van der Waals surface area contributed by atoms with Crippen LogP contribution in [0.5, 0.6) is 5.75 Å². The van der Waals surface area contributed by atoms with Crippen LogP contribution >= 0.6 is 0 Å². The summed E-state index contributed by atoms with van der Waals surface area (Å²) in [6.07, 6.45) is 0.639. The van der Waals surface area contributed by atoms with E-state index in [0.29, 0.717) is 5.92 Å². The van der Waals surface area contributed by atoms with Crippen LogP contribution in [0.1, 0.15) is 39.7 Å². The van der Waals surface area contributed by atoms with Crippen molar-refractivity contribution in [2.75, 3.05) is 33.7 Å². The molecular weight excluding hydrogens is 300 g/mol. The van der Waals surface area contributed by atoms with E-state index in [2.05, 4.69) is 51.9 Å². The van der Waals surface area contributed by atoms with Crippen molar-refractivity contribution in [3.05, 3.63) is 29.8 Å². The molecule has 1 aromatic rings. The number of ether oxygens (including phenoxy) is 1. The molecule has 0 bridgehead atoms. The fourth-order valence-electron chi connectivity index (χ4n) is 3.24. The van der Waals surface area contributed by atoms with Gasteiger partial charge >= 0.3 is 0 Å². The number of nitrogens with zero attached hydrogens (tertiary/aromatic N) is 2. The van der Waals surface area contributed by atoms with E-state index in [1.54, 1.807) is 0 Å². The molecule has 134 valence electrons. The number of likely N-dealkylation sites (tertiary alicyclic amines) is 1. The van der Waals surface area contributed by atoms with Crippen LogP contribution in [0.3, 0.4) is 0 Å². The van der Waals surface area contributed by atoms with Crippen molar-refractivity contribution in [2.45, 2.75) is 45.6 Å². The lowest BCUT2D eigenvalue weighted by Crippen LogP contribution is -2.39. The maximum atomic E-state index is 12.6. The third-order valence-electron chi connectivity index (χ3n) is 4.60. The van der Waals surface area contributed by atoms with Gasteiger partial charge in [0.05, 0.1) is 0 Å². The lowest BCUT2D eigenvalue weighted by molar-refractivity contribution is -0.137. The van der Waals surface area contributed by atoms with Gasteiger partial charge in [-0.05, 0) is 56.5 Å². The van der Waals surface area contributed by atoms with Crippen LogP contribution in [0.25, 0.3) is 0 Å². The highest BCUT2D eigenvalue weighted by Gasteiger charge is 2.30. The first kappa shape index (κ1) is 18.8. The van der Waals surface area contributed by atoms with Gasteiger partial charge in [-0.3, -0.25) is 4.79 Å². The van der Waals surface area contributed by atoms with Crippen LogP contribution < -0.4 is 4.74 Å². The van der Waals surface area contributed by atoms with Crippen LogP contribution in [0.4, 0.5) is 0 Å². The Bertz CT molecular complexity index is 546. The topological polar surface area (TPSA) is 32.8 Å². The van der Waals surface area contributed by atoms with E-state index in [9.17, 15) is 4.79 Å². The van der Waals surface area contributed by atoms with Crippen molar-refractivity contribution in [1.29, 1.82) is 0 Å². The molecule has 2 atom stereocenters. The average molecular weight is 332 g/mol. The lowest BCUT2D eigenvalue weighted by atomic mass is 9.87. The second kappa shape index (κ2) is 7.56. The number of rotatable bonds is 5. The van der Waals surface area contributed by atoms with E-state index in [4.69, 9.17) is 4.74 Å². The molecule has 4 heteroatoms. The minimum Gasteiger partial charge on any atom is -0.481 e. The maximum Gasteiger partial charge on any atom is 0.263 e. The van der Waals surface area contributed by atoms with Crippen LogP contribution in [0.2, 0.25) is 0 Å². The zero-order chi connectivity index (χ0) is 17.9. The van der Waals surface area contributed by atoms with E-state index in [1.165, 1.54) is 5.56 Å². The predicted octanol–water partition coefficient (Wildman–Crippen LogP) is 3.16. The van der Waals surface area contributed by atoms with Gasteiger partial charge in [0.25, 0.3) is 5.91 Å². The smallest absolute Gasteiger partial charge is 0.263 e. The van der Waals surface area contributed by atoms with Crippen LogP contribution in [0.15, 0.2) is 24.3 Å². The maximum absolute atomic E-state index is 12.6. The Morgan fingerprint density at radius 1 is 1.29 bits per heavy atom.